The molecule has 0 aromatic heterocycles. The molecule has 0 fully saturated rings. The maximum Gasteiger partial charge on any atom is 0.330 e. The number of hydrogen-bond donors (Lipinski definition) is 0. The van der Waals surface area contributed by atoms with E-state index in [0.29, 0.717) is 6.61 Å². The molecule has 70 valence electrons. The molecule has 0 radical (unpaired) electrons. The van der Waals surface area contributed by atoms with Crippen molar-refractivity contribution in [3.63, 3.8) is 0 Å². The quantitative estimate of drug-likeness (QED) is 0.478. The molecule has 0 unspecified atom stereocenters. The number of allylic oxidation sites excluding steroid dienone is 1. The van der Waals surface area contributed by atoms with Crippen LogP contribution in [0.25, 0.3) is 0 Å². The Morgan fingerprint density at radius 1 is 1.50 bits per heavy atom. The van der Waals surface area contributed by atoms with Crippen LogP contribution in [0, 0.1) is 5.41 Å². The van der Waals surface area contributed by atoms with Crippen LogP contribution in [0.3, 0.4) is 0 Å². The molecule has 0 aliphatic heterocycles. The first-order valence-electron chi connectivity index (χ1n) is 4.31. The van der Waals surface area contributed by atoms with E-state index in [9.17, 15) is 4.79 Å². The normalized spacial score (nSPS) is 12.0. The van der Waals surface area contributed by atoms with Gasteiger partial charge in [-0.25, -0.2) is 4.79 Å². The average molecular weight is 170 g/mol. The van der Waals surface area contributed by atoms with Crippen molar-refractivity contribution in [1.29, 1.82) is 0 Å². The summed E-state index contributed by atoms with van der Waals surface area (Å²) in [6.45, 7) is 8.54. The number of hydrogen-bond acceptors (Lipinski definition) is 2. The van der Waals surface area contributed by atoms with Crippen molar-refractivity contribution in [2.24, 2.45) is 5.41 Å². The fraction of sp³-hybridized carbons (Fsp3) is 0.700. The lowest BCUT2D eigenvalue weighted by atomic mass is 9.92. The van der Waals surface area contributed by atoms with Gasteiger partial charge in [0.05, 0.1) is 6.61 Å². The van der Waals surface area contributed by atoms with Gasteiger partial charge in [0.1, 0.15) is 0 Å². The van der Waals surface area contributed by atoms with E-state index in [1.807, 2.05) is 0 Å². The van der Waals surface area contributed by atoms with Crippen molar-refractivity contribution in [1.82, 2.24) is 0 Å². The highest BCUT2D eigenvalue weighted by atomic mass is 16.5. The highest BCUT2D eigenvalue weighted by molar-refractivity contribution is 5.81. The third-order valence-corrected chi connectivity index (χ3v) is 1.87. The molecule has 0 saturated carbocycles. The SMILES string of the molecule is C/C=C/C(=O)OCC(C)(C)CC. The molecule has 0 aliphatic rings. The van der Waals surface area contributed by atoms with Gasteiger partial charge in [0.2, 0.25) is 0 Å². The number of esters is 1. The van der Waals surface area contributed by atoms with Gasteiger partial charge >= 0.3 is 5.97 Å². The largest absolute Gasteiger partial charge is 0.462 e. The molecule has 12 heavy (non-hydrogen) atoms. The van der Waals surface area contributed by atoms with E-state index in [2.05, 4.69) is 20.8 Å². The molecule has 2 nitrogen and oxygen atoms in total. The smallest absolute Gasteiger partial charge is 0.330 e. The van der Waals surface area contributed by atoms with Crippen LogP contribution >= 0.6 is 0 Å². The molecule has 0 rings (SSSR count). The summed E-state index contributed by atoms with van der Waals surface area (Å²) in [6, 6.07) is 0. The average Bonchev–Trinajstić information content (AvgIpc) is 2.02. The van der Waals surface area contributed by atoms with Crippen LogP contribution in [-0.2, 0) is 9.53 Å². The summed E-state index contributed by atoms with van der Waals surface area (Å²) < 4.78 is 5.01. The Balaban J connectivity index is 3.75. The summed E-state index contributed by atoms with van der Waals surface area (Å²) in [6.07, 6.45) is 4.13. The Kier molecular flexibility index (Phi) is 4.64. The lowest BCUT2D eigenvalue weighted by molar-refractivity contribution is -0.140. The summed E-state index contributed by atoms with van der Waals surface area (Å²) in [4.78, 5) is 10.9. The van der Waals surface area contributed by atoms with Crippen molar-refractivity contribution in [2.45, 2.75) is 34.1 Å². The second-order valence-corrected chi connectivity index (χ2v) is 3.63. The molecular weight excluding hydrogens is 152 g/mol. The molecule has 0 amide bonds. The predicted octanol–water partition coefficient (Wildman–Crippen LogP) is 2.54. The zero-order valence-corrected chi connectivity index (χ0v) is 8.39. The minimum Gasteiger partial charge on any atom is -0.462 e. The molecular formula is C10H18O2. The third kappa shape index (κ3) is 4.94. The predicted molar refractivity (Wildman–Crippen MR) is 49.8 cm³/mol. The van der Waals surface area contributed by atoms with Crippen LogP contribution in [0.4, 0.5) is 0 Å². The Morgan fingerprint density at radius 3 is 2.50 bits per heavy atom. The summed E-state index contributed by atoms with van der Waals surface area (Å²) in [5, 5.41) is 0. The van der Waals surface area contributed by atoms with Gasteiger partial charge in [-0.3, -0.25) is 0 Å². The van der Waals surface area contributed by atoms with Gasteiger partial charge in [-0.15, -0.1) is 0 Å². The van der Waals surface area contributed by atoms with Gasteiger partial charge in [-0.1, -0.05) is 26.8 Å². The molecule has 0 saturated heterocycles. The minimum absolute atomic E-state index is 0.0945. The van der Waals surface area contributed by atoms with Crippen LogP contribution in [0.5, 0.6) is 0 Å². The van der Waals surface area contributed by atoms with Gasteiger partial charge in [-0.05, 0) is 18.8 Å². The highest BCUT2D eigenvalue weighted by Gasteiger charge is 2.16. The molecule has 2 heteroatoms. The molecule has 0 heterocycles. The first-order valence-corrected chi connectivity index (χ1v) is 4.31. The Morgan fingerprint density at radius 2 is 2.08 bits per heavy atom. The maximum absolute atomic E-state index is 10.9. The monoisotopic (exact) mass is 170 g/mol. The fourth-order valence-electron chi connectivity index (χ4n) is 0.553. The molecule has 0 spiro atoms. The molecule has 0 atom stereocenters. The van der Waals surface area contributed by atoms with E-state index >= 15 is 0 Å². The molecule has 0 aromatic carbocycles. The second kappa shape index (κ2) is 4.96. The third-order valence-electron chi connectivity index (χ3n) is 1.87. The number of rotatable bonds is 4. The van der Waals surface area contributed by atoms with Crippen LogP contribution in [-0.4, -0.2) is 12.6 Å². The number of carbonyl (C=O) groups excluding carboxylic acids is 1. The first kappa shape index (κ1) is 11.2. The van der Waals surface area contributed by atoms with Crippen molar-refractivity contribution < 1.29 is 9.53 Å². The van der Waals surface area contributed by atoms with Gasteiger partial charge in [0, 0.05) is 6.08 Å². The van der Waals surface area contributed by atoms with Crippen molar-refractivity contribution in [3.8, 4) is 0 Å². The number of ether oxygens (including phenoxy) is 1. The van der Waals surface area contributed by atoms with Gasteiger partial charge in [0.15, 0.2) is 0 Å². The van der Waals surface area contributed by atoms with Gasteiger partial charge < -0.3 is 4.74 Å². The van der Waals surface area contributed by atoms with Crippen LogP contribution in [0.15, 0.2) is 12.2 Å². The van der Waals surface area contributed by atoms with Crippen LogP contribution < -0.4 is 0 Å². The van der Waals surface area contributed by atoms with Gasteiger partial charge in [-0.2, -0.15) is 0 Å². The van der Waals surface area contributed by atoms with Crippen LogP contribution in [0.1, 0.15) is 34.1 Å². The standard InChI is InChI=1S/C10H18O2/c1-5-7-9(11)12-8-10(3,4)6-2/h5,7H,6,8H2,1-4H3/b7-5+. The second-order valence-electron chi connectivity index (χ2n) is 3.63. The topological polar surface area (TPSA) is 26.3 Å². The lowest BCUT2D eigenvalue weighted by Crippen LogP contribution is -2.20. The van der Waals surface area contributed by atoms with Crippen molar-refractivity contribution >= 4 is 5.97 Å². The lowest BCUT2D eigenvalue weighted by Gasteiger charge is -2.21. The Labute approximate surface area is 74.6 Å². The molecule has 0 bridgehead atoms. The molecule has 0 aliphatic carbocycles. The molecule has 0 N–H and O–H groups in total. The highest BCUT2D eigenvalue weighted by Crippen LogP contribution is 2.19. The fourth-order valence-corrected chi connectivity index (χ4v) is 0.553. The summed E-state index contributed by atoms with van der Waals surface area (Å²) in [7, 11) is 0. The number of carbonyl (C=O) groups is 1. The Bertz CT molecular complexity index is 169. The Hall–Kier alpha value is -0.790. The van der Waals surface area contributed by atoms with Crippen LogP contribution in [0.2, 0.25) is 0 Å². The first-order chi connectivity index (χ1) is 5.52. The summed E-state index contributed by atoms with van der Waals surface area (Å²) in [5.41, 5.74) is 0.0945. The van der Waals surface area contributed by atoms with Crippen molar-refractivity contribution in [2.75, 3.05) is 6.61 Å². The summed E-state index contributed by atoms with van der Waals surface area (Å²) >= 11 is 0. The van der Waals surface area contributed by atoms with E-state index in [0.717, 1.165) is 6.42 Å². The van der Waals surface area contributed by atoms with E-state index in [1.165, 1.54) is 6.08 Å². The van der Waals surface area contributed by atoms with Gasteiger partial charge in [0.25, 0.3) is 0 Å². The minimum atomic E-state index is -0.251. The zero-order chi connectivity index (χ0) is 9.61. The van der Waals surface area contributed by atoms with Crippen molar-refractivity contribution in [3.05, 3.63) is 12.2 Å². The zero-order valence-electron chi connectivity index (χ0n) is 8.39. The molecule has 0 aromatic rings. The van der Waals surface area contributed by atoms with E-state index in [-0.39, 0.29) is 11.4 Å². The van der Waals surface area contributed by atoms with E-state index in [1.54, 1.807) is 13.0 Å². The van der Waals surface area contributed by atoms with E-state index in [4.69, 9.17) is 4.74 Å². The van der Waals surface area contributed by atoms with E-state index < -0.39 is 0 Å². The summed E-state index contributed by atoms with van der Waals surface area (Å²) in [5.74, 6) is -0.251. The maximum atomic E-state index is 10.9.